The second-order valence-electron chi connectivity index (χ2n) is 15.9. The molecule has 12 rings (SSSR count). The Morgan fingerprint density at radius 2 is 0.689 bits per heavy atom. The minimum absolute atomic E-state index is 0.720. The van der Waals surface area contributed by atoms with Gasteiger partial charge in [-0.3, -0.25) is 4.98 Å². The van der Waals surface area contributed by atoms with Crippen molar-refractivity contribution in [3.05, 3.63) is 247 Å². The van der Waals surface area contributed by atoms with Crippen LogP contribution in [0.2, 0.25) is 0 Å². The monoisotopic (exact) mass is 775 g/mol. The smallest absolute Gasteiger partial charge is 0.0972 e. The summed E-state index contributed by atoms with van der Waals surface area (Å²) in [6.07, 6.45) is 1.84. The molecule has 0 spiro atoms. The molecule has 0 bridgehead atoms. The maximum Gasteiger partial charge on any atom is 0.0972 e. The highest BCUT2D eigenvalue weighted by molar-refractivity contribution is 6.06. The molecule has 3 heteroatoms. The van der Waals surface area contributed by atoms with Gasteiger partial charge in [-0.1, -0.05) is 200 Å². The first-order chi connectivity index (χ1) is 30.2. The van der Waals surface area contributed by atoms with Gasteiger partial charge in [0.05, 0.1) is 33.4 Å². The average molecular weight is 776 g/mol. The summed E-state index contributed by atoms with van der Waals surface area (Å²) in [6.45, 7) is 0. The Morgan fingerprint density at radius 1 is 0.279 bits per heavy atom. The average Bonchev–Trinajstić information content (AvgIpc) is 3.34. The van der Waals surface area contributed by atoms with Crippen LogP contribution in [0, 0.1) is 0 Å². The Balaban J connectivity index is 1.10. The van der Waals surface area contributed by atoms with Crippen LogP contribution >= 0.6 is 0 Å². The van der Waals surface area contributed by atoms with Crippen LogP contribution in [0.5, 0.6) is 0 Å². The Bertz CT molecular complexity index is 3390. The third-order valence-corrected chi connectivity index (χ3v) is 12.6. The van der Waals surface area contributed by atoms with Crippen molar-refractivity contribution in [3.8, 4) is 22.5 Å². The molecule has 0 fully saturated rings. The van der Waals surface area contributed by atoms with Crippen LogP contribution in [0.15, 0.2) is 225 Å². The summed E-state index contributed by atoms with van der Waals surface area (Å²) >= 11 is 0. The molecule has 9 aromatic carbocycles. The van der Waals surface area contributed by atoms with Gasteiger partial charge in [0.2, 0.25) is 0 Å². The molecular weight excluding hydrogens is 739 g/mol. The van der Waals surface area contributed by atoms with E-state index in [2.05, 4.69) is 212 Å². The van der Waals surface area contributed by atoms with E-state index < -0.39 is 5.41 Å². The fourth-order valence-corrected chi connectivity index (χ4v) is 9.72. The van der Waals surface area contributed by atoms with Crippen molar-refractivity contribution < 1.29 is 0 Å². The molecule has 61 heavy (non-hydrogen) atoms. The summed E-state index contributed by atoms with van der Waals surface area (Å²) in [5.41, 5.74) is 10.9. The van der Waals surface area contributed by atoms with Crippen molar-refractivity contribution in [2.24, 2.45) is 0 Å². The highest BCUT2D eigenvalue weighted by atomic mass is 14.8. The number of aromatic nitrogens is 3. The van der Waals surface area contributed by atoms with E-state index in [1.807, 2.05) is 12.3 Å². The third kappa shape index (κ3) is 5.62. The number of hydrogen-bond donors (Lipinski definition) is 0. The van der Waals surface area contributed by atoms with E-state index in [0.29, 0.717) is 0 Å². The van der Waals surface area contributed by atoms with Crippen molar-refractivity contribution in [2.45, 2.75) is 5.41 Å². The van der Waals surface area contributed by atoms with Crippen LogP contribution in [0.25, 0.3) is 87.5 Å². The number of fused-ring (bicyclic) bond motifs is 8. The van der Waals surface area contributed by atoms with Gasteiger partial charge in [-0.25, -0.2) is 9.97 Å². The Labute approximate surface area is 353 Å². The first-order valence-electron chi connectivity index (χ1n) is 20.8. The first kappa shape index (κ1) is 35.0. The second-order valence-corrected chi connectivity index (χ2v) is 15.9. The quantitative estimate of drug-likeness (QED) is 0.125. The maximum atomic E-state index is 5.29. The molecule has 0 unspecified atom stereocenters. The van der Waals surface area contributed by atoms with E-state index in [1.54, 1.807) is 0 Å². The lowest BCUT2D eigenvalue weighted by molar-refractivity contribution is 0.760. The van der Waals surface area contributed by atoms with Crippen LogP contribution in [0.4, 0.5) is 0 Å². The van der Waals surface area contributed by atoms with Crippen LogP contribution < -0.4 is 0 Å². The Morgan fingerprint density at radius 3 is 1.26 bits per heavy atom. The highest BCUT2D eigenvalue weighted by Crippen LogP contribution is 2.50. The Kier molecular flexibility index (Phi) is 8.07. The van der Waals surface area contributed by atoms with Gasteiger partial charge < -0.3 is 0 Å². The van der Waals surface area contributed by atoms with Crippen LogP contribution in [-0.2, 0) is 5.41 Å². The second kappa shape index (κ2) is 14.1. The van der Waals surface area contributed by atoms with Crippen LogP contribution in [0.3, 0.4) is 0 Å². The predicted molar refractivity (Wildman–Crippen MR) is 254 cm³/mol. The Hall–Kier alpha value is -8.01. The van der Waals surface area contributed by atoms with E-state index in [9.17, 15) is 0 Å². The normalized spacial score (nSPS) is 11.9. The number of hydrogen-bond acceptors (Lipinski definition) is 3. The van der Waals surface area contributed by atoms with Crippen molar-refractivity contribution in [1.82, 2.24) is 15.0 Å². The summed E-state index contributed by atoms with van der Waals surface area (Å²) < 4.78 is 0. The number of rotatable bonds is 6. The number of nitrogens with zero attached hydrogens (tertiary/aromatic N) is 3. The van der Waals surface area contributed by atoms with Gasteiger partial charge in [0, 0.05) is 38.9 Å². The van der Waals surface area contributed by atoms with E-state index >= 15 is 0 Å². The summed E-state index contributed by atoms with van der Waals surface area (Å²) in [5, 5.41) is 10.5. The van der Waals surface area contributed by atoms with Crippen molar-refractivity contribution in [1.29, 1.82) is 0 Å². The molecule has 3 aromatic heterocycles. The SMILES string of the molecule is c1ccc2c(C(c3ccc(-c4ccc5ccc6ccccc6c5n4)cc3)(c3ccc(-c4ccc5ccc6cccnc6c5n4)cc3)c3cccc4ccccc34)cccc2c1. The molecule has 0 saturated carbocycles. The minimum Gasteiger partial charge on any atom is -0.254 e. The third-order valence-electron chi connectivity index (χ3n) is 12.6. The summed E-state index contributed by atoms with van der Waals surface area (Å²) in [5.74, 6) is 0. The number of benzene rings is 9. The van der Waals surface area contributed by atoms with Crippen molar-refractivity contribution >= 4 is 65.0 Å². The van der Waals surface area contributed by atoms with E-state index in [-0.39, 0.29) is 0 Å². The first-order valence-corrected chi connectivity index (χ1v) is 20.8. The molecular formula is C58H37N3. The predicted octanol–water partition coefficient (Wildman–Crippen LogP) is 14.5. The number of pyridine rings is 3. The molecule has 0 saturated heterocycles. The van der Waals surface area contributed by atoms with Crippen LogP contribution in [-0.4, -0.2) is 15.0 Å². The lowest BCUT2D eigenvalue weighted by atomic mass is 9.63. The van der Waals surface area contributed by atoms with Gasteiger partial charge in [-0.05, 0) is 67.4 Å². The molecule has 0 amide bonds. The molecule has 0 radical (unpaired) electrons. The largest absolute Gasteiger partial charge is 0.254 e. The zero-order chi connectivity index (χ0) is 40.3. The molecule has 284 valence electrons. The van der Waals surface area contributed by atoms with Gasteiger partial charge >= 0.3 is 0 Å². The highest BCUT2D eigenvalue weighted by Gasteiger charge is 2.40. The molecule has 0 aliphatic carbocycles. The topological polar surface area (TPSA) is 38.7 Å². The standard InChI is InChI=1S/C58H37N3/c1-4-16-48-38(10-1)13-7-19-51(48)58(52-20-8-14-39-11-2-5-17-49(39)52,46-31-25-41(26-32-46)53-35-29-44-22-21-40-12-3-6-18-50(40)55(44)60-53)47-33-27-42(28-34-47)54-36-30-45-24-23-43-15-9-37-59-56(43)57(45)61-54/h1-37H. The molecule has 0 atom stereocenters. The molecule has 0 N–H and O–H groups in total. The summed E-state index contributed by atoms with van der Waals surface area (Å²) in [6, 6.07) is 79.1. The van der Waals surface area contributed by atoms with Crippen molar-refractivity contribution in [2.75, 3.05) is 0 Å². The van der Waals surface area contributed by atoms with Gasteiger partial charge in [-0.2, -0.15) is 0 Å². The van der Waals surface area contributed by atoms with Gasteiger partial charge in [-0.15, -0.1) is 0 Å². The van der Waals surface area contributed by atoms with Gasteiger partial charge in [0.25, 0.3) is 0 Å². The fourth-order valence-electron chi connectivity index (χ4n) is 9.72. The maximum absolute atomic E-state index is 5.29. The van der Waals surface area contributed by atoms with Crippen molar-refractivity contribution in [3.63, 3.8) is 0 Å². The molecule has 3 heterocycles. The fraction of sp³-hybridized carbons (Fsp3) is 0.0172. The van der Waals surface area contributed by atoms with E-state index in [1.165, 1.54) is 49.2 Å². The molecule has 3 nitrogen and oxygen atoms in total. The summed E-state index contributed by atoms with van der Waals surface area (Å²) in [7, 11) is 0. The molecule has 12 aromatic rings. The lowest BCUT2D eigenvalue weighted by Crippen LogP contribution is -2.31. The van der Waals surface area contributed by atoms with Crippen LogP contribution in [0.1, 0.15) is 22.3 Å². The molecule has 0 aliphatic heterocycles. The van der Waals surface area contributed by atoms with E-state index in [0.717, 1.165) is 60.6 Å². The van der Waals surface area contributed by atoms with E-state index in [4.69, 9.17) is 15.0 Å². The zero-order valence-corrected chi connectivity index (χ0v) is 33.2. The lowest BCUT2D eigenvalue weighted by Gasteiger charge is -2.38. The summed E-state index contributed by atoms with van der Waals surface area (Å²) in [4.78, 5) is 15.2. The molecule has 0 aliphatic rings. The van der Waals surface area contributed by atoms with Gasteiger partial charge in [0.1, 0.15) is 0 Å². The van der Waals surface area contributed by atoms with Gasteiger partial charge in [0.15, 0.2) is 0 Å². The minimum atomic E-state index is -0.720. The zero-order valence-electron chi connectivity index (χ0n) is 33.2.